The molecule has 2 rings (SSSR count). The number of rotatable bonds is 7. The van der Waals surface area contributed by atoms with E-state index in [-0.39, 0.29) is 12.0 Å². The molecule has 0 aromatic heterocycles. The van der Waals surface area contributed by atoms with Crippen molar-refractivity contribution in [2.45, 2.75) is 31.8 Å². The van der Waals surface area contributed by atoms with Crippen molar-refractivity contribution in [1.82, 2.24) is 4.90 Å². The van der Waals surface area contributed by atoms with Crippen LogP contribution in [-0.2, 0) is 4.79 Å². The number of amides is 1. The highest BCUT2D eigenvalue weighted by atomic mass is 79.9. The first-order valence-electron chi connectivity index (χ1n) is 7.35. The molecule has 21 heavy (non-hydrogen) atoms. The lowest BCUT2D eigenvalue weighted by atomic mass is 9.82. The quantitative estimate of drug-likeness (QED) is 0.765. The molecule has 0 aliphatic heterocycles. The van der Waals surface area contributed by atoms with Crippen LogP contribution < -0.4 is 4.74 Å². The summed E-state index contributed by atoms with van der Waals surface area (Å²) in [6, 6.07) is 7.67. The normalized spacial score (nSPS) is 20.7. The fourth-order valence-electron chi connectivity index (χ4n) is 2.47. The van der Waals surface area contributed by atoms with Crippen LogP contribution in [0.25, 0.3) is 0 Å². The van der Waals surface area contributed by atoms with E-state index in [1.54, 1.807) is 4.90 Å². The van der Waals surface area contributed by atoms with Gasteiger partial charge in [0.15, 0.2) is 0 Å². The van der Waals surface area contributed by atoms with E-state index in [0.717, 1.165) is 29.6 Å². The molecule has 0 saturated heterocycles. The molecular weight excluding hydrogens is 334 g/mol. The molecule has 0 bridgehead atoms. The van der Waals surface area contributed by atoms with Crippen LogP contribution in [0.5, 0.6) is 5.75 Å². The molecule has 1 aromatic carbocycles. The molecule has 116 valence electrons. The Hall–Kier alpha value is -1.07. The smallest absolute Gasteiger partial charge is 0.222 e. The summed E-state index contributed by atoms with van der Waals surface area (Å²) < 4.78 is 6.62. The molecule has 0 radical (unpaired) electrons. The average Bonchev–Trinajstić information content (AvgIpc) is 2.43. The summed E-state index contributed by atoms with van der Waals surface area (Å²) in [5, 5.41) is 9.25. The highest BCUT2D eigenvalue weighted by molar-refractivity contribution is 9.10. The molecule has 0 unspecified atom stereocenters. The highest BCUT2D eigenvalue weighted by Crippen LogP contribution is 2.27. The second-order valence-electron chi connectivity index (χ2n) is 5.67. The Morgan fingerprint density at radius 2 is 2.05 bits per heavy atom. The Kier molecular flexibility index (Phi) is 6.06. The van der Waals surface area contributed by atoms with Gasteiger partial charge in [-0.3, -0.25) is 4.79 Å². The second kappa shape index (κ2) is 7.80. The van der Waals surface area contributed by atoms with Gasteiger partial charge < -0.3 is 14.7 Å². The van der Waals surface area contributed by atoms with Crippen LogP contribution in [0.15, 0.2) is 28.7 Å². The van der Waals surface area contributed by atoms with Crippen molar-refractivity contribution in [3.63, 3.8) is 0 Å². The Balaban J connectivity index is 1.59. The topological polar surface area (TPSA) is 49.8 Å². The Bertz CT molecular complexity index is 457. The fourth-order valence-corrected chi connectivity index (χ4v) is 2.74. The highest BCUT2D eigenvalue weighted by Gasteiger charge is 2.28. The van der Waals surface area contributed by atoms with Crippen LogP contribution in [0.1, 0.15) is 25.7 Å². The summed E-state index contributed by atoms with van der Waals surface area (Å²) in [5.41, 5.74) is 0. The van der Waals surface area contributed by atoms with Gasteiger partial charge in [0.05, 0.1) is 12.7 Å². The second-order valence-corrected chi connectivity index (χ2v) is 6.59. The summed E-state index contributed by atoms with van der Waals surface area (Å²) >= 11 is 3.37. The largest absolute Gasteiger partial charge is 0.494 e. The van der Waals surface area contributed by atoms with Crippen molar-refractivity contribution < 1.29 is 14.6 Å². The SMILES string of the molecule is CN(CC1CC(O)C1)C(=O)CCCOc1ccc(Br)cc1. The minimum atomic E-state index is -0.155. The van der Waals surface area contributed by atoms with Crippen molar-refractivity contribution >= 4 is 21.8 Å². The number of halogens is 1. The van der Waals surface area contributed by atoms with E-state index in [2.05, 4.69) is 15.9 Å². The zero-order chi connectivity index (χ0) is 15.2. The third kappa shape index (κ3) is 5.32. The number of benzene rings is 1. The summed E-state index contributed by atoms with van der Waals surface area (Å²) in [6.45, 7) is 1.30. The third-order valence-corrected chi connectivity index (χ3v) is 4.31. The fraction of sp³-hybridized carbons (Fsp3) is 0.562. The van der Waals surface area contributed by atoms with Crippen molar-refractivity contribution in [3.8, 4) is 5.75 Å². The lowest BCUT2D eigenvalue weighted by Crippen LogP contribution is -2.39. The monoisotopic (exact) mass is 355 g/mol. The van der Waals surface area contributed by atoms with Gasteiger partial charge in [0, 0.05) is 24.5 Å². The lowest BCUT2D eigenvalue weighted by molar-refractivity contribution is -0.131. The molecule has 0 atom stereocenters. The Morgan fingerprint density at radius 1 is 1.38 bits per heavy atom. The van der Waals surface area contributed by atoms with Crippen LogP contribution in [0.3, 0.4) is 0 Å². The van der Waals surface area contributed by atoms with Gasteiger partial charge in [-0.2, -0.15) is 0 Å². The van der Waals surface area contributed by atoms with E-state index >= 15 is 0 Å². The predicted molar refractivity (Wildman–Crippen MR) is 85.2 cm³/mol. The molecule has 1 aliphatic carbocycles. The number of ether oxygens (including phenoxy) is 1. The molecule has 1 fully saturated rings. The van der Waals surface area contributed by atoms with E-state index < -0.39 is 0 Å². The van der Waals surface area contributed by atoms with Gasteiger partial charge in [-0.1, -0.05) is 15.9 Å². The van der Waals surface area contributed by atoms with Gasteiger partial charge in [-0.25, -0.2) is 0 Å². The molecule has 1 saturated carbocycles. The van der Waals surface area contributed by atoms with Crippen LogP contribution >= 0.6 is 15.9 Å². The van der Waals surface area contributed by atoms with E-state index in [1.807, 2.05) is 31.3 Å². The Labute approximate surface area is 134 Å². The molecule has 1 N–H and O–H groups in total. The first kappa shape index (κ1) is 16.3. The minimum Gasteiger partial charge on any atom is -0.494 e. The molecule has 1 amide bonds. The molecule has 5 heteroatoms. The van der Waals surface area contributed by atoms with E-state index in [4.69, 9.17) is 4.74 Å². The molecule has 0 heterocycles. The summed E-state index contributed by atoms with van der Waals surface area (Å²) in [7, 11) is 1.84. The molecular formula is C16H22BrNO3. The number of carbonyl (C=O) groups excluding carboxylic acids is 1. The van der Waals surface area contributed by atoms with Gasteiger partial charge in [0.2, 0.25) is 5.91 Å². The first-order chi connectivity index (χ1) is 10.0. The van der Waals surface area contributed by atoms with E-state index in [0.29, 0.717) is 25.4 Å². The van der Waals surface area contributed by atoms with Gasteiger partial charge >= 0.3 is 0 Å². The summed E-state index contributed by atoms with van der Waals surface area (Å²) in [4.78, 5) is 13.7. The number of aliphatic hydroxyl groups excluding tert-OH is 1. The van der Waals surface area contributed by atoms with Gasteiger partial charge in [-0.15, -0.1) is 0 Å². The maximum Gasteiger partial charge on any atom is 0.222 e. The van der Waals surface area contributed by atoms with E-state index in [9.17, 15) is 9.90 Å². The van der Waals surface area contributed by atoms with E-state index in [1.165, 1.54) is 0 Å². The maximum absolute atomic E-state index is 12.0. The van der Waals surface area contributed by atoms with Gasteiger partial charge in [-0.05, 0) is 49.4 Å². The average molecular weight is 356 g/mol. The van der Waals surface area contributed by atoms with Crippen molar-refractivity contribution in [1.29, 1.82) is 0 Å². The number of hydrogen-bond acceptors (Lipinski definition) is 3. The molecule has 4 nitrogen and oxygen atoms in total. The van der Waals surface area contributed by atoms with Crippen LogP contribution in [0.2, 0.25) is 0 Å². The predicted octanol–water partition coefficient (Wildman–Crippen LogP) is 2.84. The molecule has 1 aromatic rings. The summed E-state index contributed by atoms with van der Waals surface area (Å²) in [5.74, 6) is 1.44. The zero-order valence-corrected chi connectivity index (χ0v) is 13.9. The number of aliphatic hydroxyl groups is 1. The third-order valence-electron chi connectivity index (χ3n) is 3.79. The number of carbonyl (C=O) groups is 1. The van der Waals surface area contributed by atoms with Crippen molar-refractivity contribution in [2.75, 3.05) is 20.2 Å². The maximum atomic E-state index is 12.0. The Morgan fingerprint density at radius 3 is 2.67 bits per heavy atom. The van der Waals surface area contributed by atoms with Crippen molar-refractivity contribution in [2.24, 2.45) is 5.92 Å². The van der Waals surface area contributed by atoms with Crippen LogP contribution in [-0.4, -0.2) is 42.2 Å². The van der Waals surface area contributed by atoms with Gasteiger partial charge in [0.1, 0.15) is 5.75 Å². The number of hydrogen-bond donors (Lipinski definition) is 1. The minimum absolute atomic E-state index is 0.149. The van der Waals surface area contributed by atoms with Crippen molar-refractivity contribution in [3.05, 3.63) is 28.7 Å². The first-order valence-corrected chi connectivity index (χ1v) is 8.14. The number of nitrogens with zero attached hydrogens (tertiary/aromatic N) is 1. The van der Waals surface area contributed by atoms with Crippen LogP contribution in [0, 0.1) is 5.92 Å². The summed E-state index contributed by atoms with van der Waals surface area (Å²) in [6.07, 6.45) is 2.71. The van der Waals surface area contributed by atoms with Crippen LogP contribution in [0.4, 0.5) is 0 Å². The molecule has 0 spiro atoms. The standard InChI is InChI=1S/C16H22BrNO3/c1-18(11-12-9-14(19)10-12)16(20)3-2-8-21-15-6-4-13(17)5-7-15/h4-7,12,14,19H,2-3,8-11H2,1H3. The zero-order valence-electron chi connectivity index (χ0n) is 12.3. The molecule has 1 aliphatic rings. The van der Waals surface area contributed by atoms with Gasteiger partial charge in [0.25, 0.3) is 0 Å². The lowest BCUT2D eigenvalue weighted by Gasteiger charge is -2.34.